The molecule has 0 heterocycles. The highest BCUT2D eigenvalue weighted by Crippen LogP contribution is 2.16. The second-order valence-electron chi connectivity index (χ2n) is 9.20. The standard InChI is InChI=1S/C13H21NO6.C13H18O2S.C5H10O2/c1-4-10(3)12(16)19-8-9-20-13(17)14-6-7-18-11(15)5-2;1-3-11(2)13(14)15-9-10-16-12-7-5-4-6-8-12;1-3-4(2)5(6)7/h5,10H,2,4,6-9H2,1,3H3,(H,14,17);4-8,11H,3,9-10H2,1-2H3;4H,3H2,1-2H3,(H,6,7). The van der Waals surface area contributed by atoms with E-state index >= 15 is 0 Å². The summed E-state index contributed by atoms with van der Waals surface area (Å²) in [6.07, 6.45) is 2.62. The number of thioether (sulfide) groups is 1. The van der Waals surface area contributed by atoms with Crippen LogP contribution in [0.3, 0.4) is 0 Å². The molecule has 1 aromatic carbocycles. The number of benzene rings is 1. The zero-order valence-corrected chi connectivity index (χ0v) is 27.1. The lowest BCUT2D eigenvalue weighted by atomic mass is 10.1. The first-order valence-corrected chi connectivity index (χ1v) is 15.3. The summed E-state index contributed by atoms with van der Waals surface area (Å²) < 4.78 is 19.4. The molecule has 0 fully saturated rings. The van der Waals surface area contributed by atoms with E-state index in [1.54, 1.807) is 25.6 Å². The number of hydrogen-bond acceptors (Lipinski definition) is 10. The van der Waals surface area contributed by atoms with Crippen molar-refractivity contribution in [3.05, 3.63) is 43.0 Å². The smallest absolute Gasteiger partial charge is 0.407 e. The summed E-state index contributed by atoms with van der Waals surface area (Å²) in [6.45, 7) is 15.0. The normalized spacial score (nSPS) is 11.9. The Morgan fingerprint density at radius 1 is 0.791 bits per heavy atom. The Morgan fingerprint density at radius 3 is 1.77 bits per heavy atom. The molecule has 0 aromatic heterocycles. The molecule has 0 saturated heterocycles. The largest absolute Gasteiger partial charge is 0.481 e. The highest BCUT2D eigenvalue weighted by Gasteiger charge is 2.12. The Kier molecular flexibility index (Phi) is 26.4. The third-order valence-corrected chi connectivity index (χ3v) is 6.72. The molecule has 0 saturated carbocycles. The lowest BCUT2D eigenvalue weighted by molar-refractivity contribution is -0.149. The van der Waals surface area contributed by atoms with Crippen LogP contribution in [0.4, 0.5) is 4.79 Å². The minimum Gasteiger partial charge on any atom is -0.481 e. The van der Waals surface area contributed by atoms with E-state index in [1.165, 1.54) is 4.90 Å². The van der Waals surface area contributed by atoms with Gasteiger partial charge in [-0.3, -0.25) is 14.4 Å². The fourth-order valence-corrected chi connectivity index (χ4v) is 3.05. The summed E-state index contributed by atoms with van der Waals surface area (Å²) >= 11 is 1.70. The molecule has 1 aromatic rings. The maximum Gasteiger partial charge on any atom is 0.407 e. The maximum absolute atomic E-state index is 11.4. The molecule has 0 spiro atoms. The van der Waals surface area contributed by atoms with Gasteiger partial charge < -0.3 is 29.4 Å². The van der Waals surface area contributed by atoms with Crippen molar-refractivity contribution in [3.8, 4) is 0 Å². The average Bonchev–Trinajstić information content (AvgIpc) is 3.02. The molecular formula is C31H49NO10S. The third kappa shape index (κ3) is 24.7. The number of nitrogens with one attached hydrogen (secondary N) is 1. The van der Waals surface area contributed by atoms with Crippen LogP contribution in [0.25, 0.3) is 0 Å². The molecule has 12 heteroatoms. The van der Waals surface area contributed by atoms with Gasteiger partial charge in [0.05, 0.1) is 24.3 Å². The van der Waals surface area contributed by atoms with E-state index < -0.39 is 18.0 Å². The van der Waals surface area contributed by atoms with Crippen LogP contribution < -0.4 is 5.32 Å². The highest BCUT2D eigenvalue weighted by molar-refractivity contribution is 7.99. The molecule has 0 aliphatic carbocycles. The lowest BCUT2D eigenvalue weighted by Gasteiger charge is -2.10. The number of carboxylic acid groups (broad SMARTS) is 1. The monoisotopic (exact) mass is 627 g/mol. The molecule has 2 N–H and O–H groups in total. The number of carbonyl (C=O) groups is 5. The Balaban J connectivity index is 0. The zero-order chi connectivity index (χ0) is 33.0. The number of aliphatic carboxylic acids is 1. The van der Waals surface area contributed by atoms with Gasteiger partial charge in [0.25, 0.3) is 0 Å². The number of ether oxygens (including phenoxy) is 4. The summed E-state index contributed by atoms with van der Waals surface area (Å²) in [4.78, 5) is 55.6. The summed E-state index contributed by atoms with van der Waals surface area (Å²) in [5.74, 6) is -1.18. The van der Waals surface area contributed by atoms with Gasteiger partial charge in [-0.25, -0.2) is 9.59 Å². The fraction of sp³-hybridized carbons (Fsp3) is 0.581. The Labute approximate surface area is 260 Å². The van der Waals surface area contributed by atoms with Crippen LogP contribution in [-0.4, -0.2) is 73.8 Å². The minimum absolute atomic E-state index is 0.0155. The lowest BCUT2D eigenvalue weighted by Crippen LogP contribution is -2.29. The predicted octanol–water partition coefficient (Wildman–Crippen LogP) is 5.52. The van der Waals surface area contributed by atoms with Crippen molar-refractivity contribution in [2.45, 2.75) is 65.7 Å². The first-order valence-electron chi connectivity index (χ1n) is 14.4. The van der Waals surface area contributed by atoms with E-state index in [4.69, 9.17) is 19.3 Å². The van der Waals surface area contributed by atoms with Crippen molar-refractivity contribution in [1.29, 1.82) is 0 Å². The van der Waals surface area contributed by atoms with Crippen molar-refractivity contribution >= 4 is 41.7 Å². The Bertz CT molecular complexity index is 942. The Hall–Kier alpha value is -3.54. The van der Waals surface area contributed by atoms with Crippen molar-refractivity contribution in [2.75, 3.05) is 38.7 Å². The van der Waals surface area contributed by atoms with Gasteiger partial charge >= 0.3 is 30.0 Å². The van der Waals surface area contributed by atoms with E-state index in [-0.39, 0.29) is 56.1 Å². The van der Waals surface area contributed by atoms with Crippen LogP contribution >= 0.6 is 11.8 Å². The minimum atomic E-state index is -0.706. The quantitative estimate of drug-likeness (QED) is 0.0738. The molecule has 244 valence electrons. The molecule has 3 unspecified atom stereocenters. The molecule has 0 radical (unpaired) electrons. The van der Waals surface area contributed by atoms with Crippen LogP contribution in [0, 0.1) is 17.8 Å². The summed E-state index contributed by atoms with van der Waals surface area (Å²) in [5, 5.41) is 10.6. The number of alkyl carbamates (subject to hydrolysis) is 1. The number of carbonyl (C=O) groups excluding carboxylic acids is 4. The molecule has 11 nitrogen and oxygen atoms in total. The molecule has 0 bridgehead atoms. The van der Waals surface area contributed by atoms with Gasteiger partial charge in [-0.15, -0.1) is 11.8 Å². The molecular weight excluding hydrogens is 578 g/mol. The second kappa shape index (κ2) is 27.3. The van der Waals surface area contributed by atoms with Crippen molar-refractivity contribution in [3.63, 3.8) is 0 Å². The van der Waals surface area contributed by atoms with Gasteiger partial charge in [0, 0.05) is 16.7 Å². The molecule has 1 amide bonds. The van der Waals surface area contributed by atoms with Gasteiger partial charge in [-0.05, 0) is 31.4 Å². The second-order valence-corrected chi connectivity index (χ2v) is 10.4. The first kappa shape index (κ1) is 41.6. The van der Waals surface area contributed by atoms with E-state index in [2.05, 4.69) is 28.8 Å². The molecule has 0 aliphatic heterocycles. The SMILES string of the molecule is C=CC(=O)OCCNC(=O)OCCOC(=O)C(C)CC.CCC(C)C(=O)O.CCC(C)C(=O)OCCSc1ccccc1. The average molecular weight is 628 g/mol. The topological polar surface area (TPSA) is 155 Å². The van der Waals surface area contributed by atoms with Crippen LogP contribution in [0.2, 0.25) is 0 Å². The fourth-order valence-electron chi connectivity index (χ4n) is 2.30. The highest BCUT2D eigenvalue weighted by atomic mass is 32.2. The van der Waals surface area contributed by atoms with Gasteiger partial charge in [-0.2, -0.15) is 0 Å². The third-order valence-electron chi connectivity index (χ3n) is 5.75. The van der Waals surface area contributed by atoms with Crippen LogP contribution in [0.1, 0.15) is 60.8 Å². The van der Waals surface area contributed by atoms with E-state index in [9.17, 15) is 24.0 Å². The maximum atomic E-state index is 11.4. The van der Waals surface area contributed by atoms with Crippen molar-refractivity contribution < 1.29 is 48.0 Å². The summed E-state index contributed by atoms with van der Waals surface area (Å²) in [6, 6.07) is 10.1. The van der Waals surface area contributed by atoms with E-state index in [1.807, 2.05) is 45.9 Å². The van der Waals surface area contributed by atoms with Crippen LogP contribution in [-0.2, 0) is 38.1 Å². The van der Waals surface area contributed by atoms with Gasteiger partial charge in [-0.1, -0.05) is 66.3 Å². The van der Waals surface area contributed by atoms with Gasteiger partial charge in [0.1, 0.15) is 26.4 Å². The van der Waals surface area contributed by atoms with Crippen molar-refractivity contribution in [1.82, 2.24) is 5.32 Å². The van der Waals surface area contributed by atoms with E-state index in [0.29, 0.717) is 13.0 Å². The summed E-state index contributed by atoms with van der Waals surface area (Å²) in [5.41, 5.74) is 0. The van der Waals surface area contributed by atoms with E-state index in [0.717, 1.165) is 24.7 Å². The first-order chi connectivity index (χ1) is 20.4. The van der Waals surface area contributed by atoms with Crippen LogP contribution in [0.15, 0.2) is 47.9 Å². The number of hydrogen-bond donors (Lipinski definition) is 2. The molecule has 43 heavy (non-hydrogen) atoms. The number of esters is 3. The predicted molar refractivity (Wildman–Crippen MR) is 166 cm³/mol. The number of carboxylic acids is 1. The van der Waals surface area contributed by atoms with Crippen molar-refractivity contribution in [2.24, 2.45) is 17.8 Å². The van der Waals surface area contributed by atoms with Crippen LogP contribution in [0.5, 0.6) is 0 Å². The zero-order valence-electron chi connectivity index (χ0n) is 26.3. The molecule has 1 rings (SSSR count). The van der Waals surface area contributed by atoms with Gasteiger partial charge in [0.15, 0.2) is 0 Å². The van der Waals surface area contributed by atoms with Gasteiger partial charge in [0.2, 0.25) is 0 Å². The summed E-state index contributed by atoms with van der Waals surface area (Å²) in [7, 11) is 0. The number of amides is 1. The molecule has 3 atom stereocenters. The number of rotatable bonds is 17. The molecule has 0 aliphatic rings. The Morgan fingerprint density at radius 2 is 1.30 bits per heavy atom.